The Morgan fingerprint density at radius 2 is 2.00 bits per heavy atom. The molecule has 0 fully saturated rings. The van der Waals surface area contributed by atoms with Crippen LogP contribution in [0.15, 0.2) is 29.6 Å². The zero-order chi connectivity index (χ0) is 11.1. The van der Waals surface area contributed by atoms with E-state index in [0.717, 1.165) is 15.6 Å². The highest BCUT2D eigenvalue weighted by atomic mass is 32.1. The lowest BCUT2D eigenvalue weighted by Gasteiger charge is -2.15. The van der Waals surface area contributed by atoms with Crippen LogP contribution in [0.2, 0.25) is 0 Å². The molecule has 0 saturated heterocycles. The summed E-state index contributed by atoms with van der Waals surface area (Å²) >= 11 is 1.58. The molecule has 1 aromatic heterocycles. The van der Waals surface area contributed by atoms with Crippen molar-refractivity contribution in [3.05, 3.63) is 35.2 Å². The molecular weight excluding hydrogens is 206 g/mol. The van der Waals surface area contributed by atoms with Crippen LogP contribution in [0.5, 0.6) is 0 Å². The van der Waals surface area contributed by atoms with Gasteiger partial charge in [-0.3, -0.25) is 4.79 Å². The van der Waals surface area contributed by atoms with Gasteiger partial charge >= 0.3 is 0 Å². The second-order valence-corrected chi connectivity index (χ2v) is 5.11. The molecule has 0 atom stereocenters. The first-order valence-electron chi connectivity index (χ1n) is 4.80. The van der Waals surface area contributed by atoms with E-state index in [2.05, 4.69) is 0 Å². The van der Waals surface area contributed by atoms with Gasteiger partial charge in [-0.05, 0) is 19.9 Å². The minimum Gasteiger partial charge on any atom is -0.319 e. The summed E-state index contributed by atoms with van der Waals surface area (Å²) in [6.45, 7) is 3.48. The number of thiophene rings is 1. The Kier molecular flexibility index (Phi) is 2.37. The molecule has 0 radical (unpaired) electrons. The maximum Gasteiger partial charge on any atom is 0.183 e. The van der Waals surface area contributed by atoms with Gasteiger partial charge in [-0.1, -0.05) is 18.2 Å². The van der Waals surface area contributed by atoms with Crippen LogP contribution in [0.1, 0.15) is 24.2 Å². The molecule has 0 aliphatic heterocycles. The largest absolute Gasteiger partial charge is 0.319 e. The Bertz CT molecular complexity index is 508. The number of nitrogens with two attached hydrogens (primary N) is 1. The van der Waals surface area contributed by atoms with Crippen molar-refractivity contribution in [3.63, 3.8) is 0 Å². The molecule has 0 saturated carbocycles. The number of hydrogen-bond donors (Lipinski definition) is 1. The molecule has 3 heteroatoms. The molecule has 0 aliphatic rings. The summed E-state index contributed by atoms with van der Waals surface area (Å²) in [5.41, 5.74) is 5.75. The zero-order valence-electron chi connectivity index (χ0n) is 8.78. The quantitative estimate of drug-likeness (QED) is 0.789. The van der Waals surface area contributed by atoms with Gasteiger partial charge in [0.25, 0.3) is 0 Å². The third-order valence-corrected chi connectivity index (χ3v) is 3.27. The van der Waals surface area contributed by atoms with Gasteiger partial charge in [0.1, 0.15) is 0 Å². The van der Waals surface area contributed by atoms with Crippen molar-refractivity contribution in [2.45, 2.75) is 19.4 Å². The molecular formula is C12H13NOS. The van der Waals surface area contributed by atoms with E-state index < -0.39 is 5.54 Å². The molecule has 2 rings (SSSR count). The second kappa shape index (κ2) is 3.43. The number of benzene rings is 1. The lowest BCUT2D eigenvalue weighted by Crippen LogP contribution is -2.41. The van der Waals surface area contributed by atoms with E-state index in [9.17, 15) is 4.79 Å². The molecule has 0 spiro atoms. The molecule has 0 unspecified atom stereocenters. The average Bonchev–Trinajstić information content (AvgIpc) is 2.58. The van der Waals surface area contributed by atoms with Crippen molar-refractivity contribution in [1.82, 2.24) is 0 Å². The molecule has 2 nitrogen and oxygen atoms in total. The van der Waals surface area contributed by atoms with Crippen LogP contribution < -0.4 is 5.73 Å². The summed E-state index contributed by atoms with van der Waals surface area (Å²) in [5, 5.41) is 2.90. The molecule has 0 aliphatic carbocycles. The summed E-state index contributed by atoms with van der Waals surface area (Å²) in [4.78, 5) is 12.0. The Morgan fingerprint density at radius 1 is 1.33 bits per heavy atom. The van der Waals surface area contributed by atoms with Gasteiger partial charge in [0.15, 0.2) is 5.78 Å². The van der Waals surface area contributed by atoms with Crippen LogP contribution in [0, 0.1) is 0 Å². The highest BCUT2D eigenvalue weighted by Gasteiger charge is 2.25. The molecule has 1 aromatic carbocycles. The van der Waals surface area contributed by atoms with Crippen LogP contribution >= 0.6 is 11.3 Å². The van der Waals surface area contributed by atoms with Gasteiger partial charge in [-0.25, -0.2) is 0 Å². The van der Waals surface area contributed by atoms with E-state index in [4.69, 9.17) is 5.73 Å². The van der Waals surface area contributed by atoms with E-state index in [0.29, 0.717) is 0 Å². The van der Waals surface area contributed by atoms with E-state index >= 15 is 0 Å². The first kappa shape index (κ1) is 10.3. The third kappa shape index (κ3) is 1.80. The summed E-state index contributed by atoms with van der Waals surface area (Å²) in [5.74, 6) is -0.0000463. The average molecular weight is 219 g/mol. The number of fused-ring (bicyclic) bond motifs is 1. The maximum absolute atomic E-state index is 12.0. The topological polar surface area (TPSA) is 43.1 Å². The zero-order valence-corrected chi connectivity index (χ0v) is 9.60. The van der Waals surface area contributed by atoms with Crippen molar-refractivity contribution in [1.29, 1.82) is 0 Å². The molecule has 78 valence electrons. The van der Waals surface area contributed by atoms with E-state index in [1.165, 1.54) is 0 Å². The van der Waals surface area contributed by atoms with E-state index in [-0.39, 0.29) is 5.78 Å². The van der Waals surface area contributed by atoms with Crippen LogP contribution in [0.3, 0.4) is 0 Å². The van der Waals surface area contributed by atoms with Crippen molar-refractivity contribution < 1.29 is 4.79 Å². The standard InChI is InChI=1S/C12H13NOS/c1-12(2,13)11(14)9-7-15-10-6-4-3-5-8(9)10/h3-7H,13H2,1-2H3. The molecule has 1 heterocycles. The molecule has 2 aromatic rings. The number of Topliss-reactive ketones (excluding diaryl/α,β-unsaturated/α-hetero) is 1. The van der Waals surface area contributed by atoms with E-state index in [1.54, 1.807) is 25.2 Å². The van der Waals surface area contributed by atoms with Gasteiger partial charge in [0.05, 0.1) is 5.54 Å². The van der Waals surface area contributed by atoms with Crippen LogP contribution in [0.4, 0.5) is 0 Å². The molecule has 0 amide bonds. The summed E-state index contributed by atoms with van der Waals surface area (Å²) in [6, 6.07) is 7.89. The summed E-state index contributed by atoms with van der Waals surface area (Å²) < 4.78 is 1.13. The fourth-order valence-corrected chi connectivity index (χ4v) is 2.44. The number of rotatable bonds is 2. The number of ketones is 1. The fraction of sp³-hybridized carbons (Fsp3) is 0.250. The van der Waals surface area contributed by atoms with Crippen molar-refractivity contribution in [2.75, 3.05) is 0 Å². The van der Waals surface area contributed by atoms with Gasteiger partial charge in [-0.15, -0.1) is 11.3 Å². The Hall–Kier alpha value is -1.19. The van der Waals surface area contributed by atoms with Gasteiger partial charge in [-0.2, -0.15) is 0 Å². The van der Waals surface area contributed by atoms with Crippen LogP contribution in [0.25, 0.3) is 10.1 Å². The van der Waals surface area contributed by atoms with Gasteiger partial charge in [0, 0.05) is 21.0 Å². The maximum atomic E-state index is 12.0. The monoisotopic (exact) mass is 219 g/mol. The highest BCUT2D eigenvalue weighted by Crippen LogP contribution is 2.27. The Morgan fingerprint density at radius 3 is 2.67 bits per heavy atom. The molecule has 15 heavy (non-hydrogen) atoms. The summed E-state index contributed by atoms with van der Waals surface area (Å²) in [6.07, 6.45) is 0. The molecule has 0 bridgehead atoms. The van der Waals surface area contributed by atoms with Gasteiger partial charge in [0.2, 0.25) is 0 Å². The molecule has 2 N–H and O–H groups in total. The second-order valence-electron chi connectivity index (χ2n) is 4.20. The number of carbonyl (C=O) groups is 1. The summed E-state index contributed by atoms with van der Waals surface area (Å²) in [7, 11) is 0. The fourth-order valence-electron chi connectivity index (χ4n) is 1.50. The van der Waals surface area contributed by atoms with Crippen molar-refractivity contribution in [3.8, 4) is 0 Å². The van der Waals surface area contributed by atoms with Gasteiger partial charge < -0.3 is 5.73 Å². The third-order valence-electron chi connectivity index (χ3n) is 2.31. The first-order valence-corrected chi connectivity index (χ1v) is 5.68. The van der Waals surface area contributed by atoms with Crippen molar-refractivity contribution >= 4 is 27.2 Å². The van der Waals surface area contributed by atoms with Crippen LogP contribution in [-0.4, -0.2) is 11.3 Å². The number of hydrogen-bond acceptors (Lipinski definition) is 3. The van der Waals surface area contributed by atoms with Crippen LogP contribution in [-0.2, 0) is 0 Å². The highest BCUT2D eigenvalue weighted by molar-refractivity contribution is 7.17. The predicted octanol–water partition coefficient (Wildman–Crippen LogP) is 2.82. The predicted molar refractivity (Wildman–Crippen MR) is 64.4 cm³/mol. The van der Waals surface area contributed by atoms with Crippen molar-refractivity contribution in [2.24, 2.45) is 5.73 Å². The minimum absolute atomic E-state index is 0.0000463. The lowest BCUT2D eigenvalue weighted by molar-refractivity contribution is 0.0915. The lowest BCUT2D eigenvalue weighted by atomic mass is 9.94. The Balaban J connectivity index is 2.58. The SMILES string of the molecule is CC(C)(N)C(=O)c1csc2ccccc12. The van der Waals surface area contributed by atoms with E-state index in [1.807, 2.05) is 29.6 Å². The Labute approximate surface area is 92.7 Å². The minimum atomic E-state index is -0.802. The normalized spacial score (nSPS) is 11.9. The first-order chi connectivity index (χ1) is 7.00. The smallest absolute Gasteiger partial charge is 0.183 e. The number of carbonyl (C=O) groups excluding carboxylic acids is 1.